The van der Waals surface area contributed by atoms with Crippen LogP contribution in [0.25, 0.3) is 22.4 Å². The molecular weight excluding hydrogens is 320 g/mol. The Hall–Kier alpha value is -2.96. The smallest absolute Gasteiger partial charge is 0.266 e. The zero-order valence-electron chi connectivity index (χ0n) is 14.1. The Labute approximate surface area is 144 Å². The van der Waals surface area contributed by atoms with Gasteiger partial charge in [0, 0.05) is 25.1 Å². The van der Waals surface area contributed by atoms with Crippen LogP contribution in [0.3, 0.4) is 0 Å². The normalized spacial score (nSPS) is 10.9. The highest BCUT2D eigenvalue weighted by Gasteiger charge is 2.17. The Morgan fingerprint density at radius 2 is 2.08 bits per heavy atom. The molecule has 0 aliphatic carbocycles. The molecule has 1 amide bonds. The number of aryl methyl sites for hydroxylation is 1. The topological polar surface area (TPSA) is 90.0 Å². The van der Waals surface area contributed by atoms with Gasteiger partial charge in [0.15, 0.2) is 0 Å². The van der Waals surface area contributed by atoms with Gasteiger partial charge in [-0.05, 0) is 6.42 Å². The molecule has 3 rings (SSSR count). The van der Waals surface area contributed by atoms with E-state index in [2.05, 4.69) is 22.4 Å². The van der Waals surface area contributed by atoms with Crippen LogP contribution in [0.1, 0.15) is 26.2 Å². The molecule has 0 atom stereocenters. The van der Waals surface area contributed by atoms with Crippen molar-refractivity contribution in [2.24, 2.45) is 0 Å². The maximum atomic E-state index is 12.7. The van der Waals surface area contributed by atoms with Crippen molar-refractivity contribution >= 4 is 17.0 Å². The summed E-state index contributed by atoms with van der Waals surface area (Å²) in [5.41, 5.74) is 1.20. The van der Waals surface area contributed by atoms with E-state index in [1.54, 1.807) is 0 Å². The number of rotatable bonds is 7. The van der Waals surface area contributed by atoms with Crippen molar-refractivity contribution in [2.45, 2.75) is 32.7 Å². The number of hydrogen-bond acceptors (Lipinski definition) is 5. The first-order valence-corrected chi connectivity index (χ1v) is 8.37. The molecule has 0 spiro atoms. The molecule has 7 nitrogen and oxygen atoms in total. The lowest BCUT2D eigenvalue weighted by atomic mass is 10.1. The Bertz CT molecular complexity index is 915. The molecule has 1 N–H and O–H groups in total. The van der Waals surface area contributed by atoms with E-state index in [1.165, 1.54) is 10.9 Å². The molecule has 0 saturated heterocycles. The van der Waals surface area contributed by atoms with Gasteiger partial charge in [-0.2, -0.15) is 0 Å². The van der Waals surface area contributed by atoms with E-state index < -0.39 is 0 Å². The minimum absolute atomic E-state index is 0.0750. The van der Waals surface area contributed by atoms with E-state index in [0.29, 0.717) is 17.6 Å². The summed E-state index contributed by atoms with van der Waals surface area (Å²) >= 11 is 0. The van der Waals surface area contributed by atoms with Gasteiger partial charge in [0.25, 0.3) is 11.3 Å². The summed E-state index contributed by atoms with van der Waals surface area (Å²) in [6, 6.07) is 9.33. The van der Waals surface area contributed by atoms with Crippen LogP contribution >= 0.6 is 0 Å². The fourth-order valence-corrected chi connectivity index (χ4v) is 2.55. The predicted octanol–water partition coefficient (Wildman–Crippen LogP) is 2.36. The third kappa shape index (κ3) is 3.76. The zero-order chi connectivity index (χ0) is 17.6. The lowest BCUT2D eigenvalue weighted by Crippen LogP contribution is -2.28. The monoisotopic (exact) mass is 340 g/mol. The average Bonchev–Trinajstić information content (AvgIpc) is 3.07. The summed E-state index contributed by atoms with van der Waals surface area (Å²) in [6.45, 7) is 2.99. The molecule has 2 aromatic heterocycles. The third-order valence-corrected chi connectivity index (χ3v) is 3.94. The minimum Gasteiger partial charge on any atom is -0.356 e. The average molecular weight is 340 g/mol. The lowest BCUT2D eigenvalue weighted by Gasteiger charge is -2.06. The summed E-state index contributed by atoms with van der Waals surface area (Å²) in [5.74, 6) is -0.0750. The Morgan fingerprint density at radius 3 is 2.84 bits per heavy atom. The minimum atomic E-state index is -0.258. The number of nitrogens with zero attached hydrogens (tertiary/aromatic N) is 3. The second-order valence-electron chi connectivity index (χ2n) is 5.77. The molecule has 0 unspecified atom stereocenters. The molecule has 0 aliphatic rings. The standard InChI is InChI=1S/C18H20N4O3/c1-2-3-10-19-14(23)9-11-22-12-20-17-15(18(22)24)16(21-25-17)13-7-5-4-6-8-13/h4-8,12H,2-3,9-11H2,1H3,(H,19,23). The number of unbranched alkanes of at least 4 members (excludes halogenated alkanes) is 1. The SMILES string of the molecule is CCCCNC(=O)CCn1cnc2onc(-c3ccccc3)c2c1=O. The summed E-state index contributed by atoms with van der Waals surface area (Å²) in [5, 5.41) is 7.15. The molecule has 0 bridgehead atoms. The Morgan fingerprint density at radius 1 is 1.28 bits per heavy atom. The number of aromatic nitrogens is 3. The molecular formula is C18H20N4O3. The van der Waals surface area contributed by atoms with E-state index in [1.807, 2.05) is 30.3 Å². The number of hydrogen-bond donors (Lipinski definition) is 1. The molecule has 7 heteroatoms. The van der Waals surface area contributed by atoms with E-state index >= 15 is 0 Å². The Kier molecular flexibility index (Phi) is 5.23. The number of benzene rings is 1. The first-order chi connectivity index (χ1) is 12.2. The molecule has 130 valence electrons. The Balaban J connectivity index is 1.82. The number of carbonyl (C=O) groups is 1. The van der Waals surface area contributed by atoms with Crippen molar-refractivity contribution in [2.75, 3.05) is 6.54 Å². The first-order valence-electron chi connectivity index (χ1n) is 8.37. The third-order valence-electron chi connectivity index (χ3n) is 3.94. The van der Waals surface area contributed by atoms with Crippen LogP contribution in [0, 0.1) is 0 Å². The summed E-state index contributed by atoms with van der Waals surface area (Å²) in [7, 11) is 0. The van der Waals surface area contributed by atoms with Crippen molar-refractivity contribution in [1.82, 2.24) is 20.0 Å². The van der Waals surface area contributed by atoms with Gasteiger partial charge < -0.3 is 9.84 Å². The van der Waals surface area contributed by atoms with Crippen LogP contribution in [-0.4, -0.2) is 27.2 Å². The van der Waals surface area contributed by atoms with Gasteiger partial charge in [-0.15, -0.1) is 0 Å². The van der Waals surface area contributed by atoms with Crippen LogP contribution < -0.4 is 10.9 Å². The molecule has 0 radical (unpaired) electrons. The molecule has 0 fully saturated rings. The molecule has 0 aliphatic heterocycles. The van der Waals surface area contributed by atoms with Crippen LogP contribution in [0.5, 0.6) is 0 Å². The summed E-state index contributed by atoms with van der Waals surface area (Å²) < 4.78 is 6.60. The largest absolute Gasteiger partial charge is 0.356 e. The molecule has 0 saturated carbocycles. The van der Waals surface area contributed by atoms with Gasteiger partial charge >= 0.3 is 0 Å². The zero-order valence-corrected chi connectivity index (χ0v) is 14.1. The van der Waals surface area contributed by atoms with Crippen LogP contribution in [0.2, 0.25) is 0 Å². The van der Waals surface area contributed by atoms with Gasteiger partial charge in [-0.25, -0.2) is 4.98 Å². The molecule has 3 aromatic rings. The second kappa shape index (κ2) is 7.74. The summed E-state index contributed by atoms with van der Waals surface area (Å²) in [4.78, 5) is 28.7. The van der Waals surface area contributed by atoms with E-state index in [-0.39, 0.29) is 30.1 Å². The van der Waals surface area contributed by atoms with Crippen LogP contribution in [0.15, 0.2) is 46.0 Å². The maximum absolute atomic E-state index is 12.7. The highest BCUT2D eigenvalue weighted by molar-refractivity contribution is 5.88. The van der Waals surface area contributed by atoms with Crippen molar-refractivity contribution in [3.05, 3.63) is 47.0 Å². The summed E-state index contributed by atoms with van der Waals surface area (Å²) in [6.07, 6.45) is 3.59. The van der Waals surface area contributed by atoms with E-state index in [9.17, 15) is 9.59 Å². The van der Waals surface area contributed by atoms with Gasteiger partial charge in [0.2, 0.25) is 5.91 Å². The number of nitrogens with one attached hydrogen (secondary N) is 1. The van der Waals surface area contributed by atoms with Crippen molar-refractivity contribution < 1.29 is 9.32 Å². The predicted molar refractivity (Wildman–Crippen MR) is 94.0 cm³/mol. The van der Waals surface area contributed by atoms with E-state index in [0.717, 1.165) is 18.4 Å². The number of amides is 1. The molecule has 25 heavy (non-hydrogen) atoms. The number of fused-ring (bicyclic) bond motifs is 1. The van der Waals surface area contributed by atoms with Crippen LogP contribution in [-0.2, 0) is 11.3 Å². The quantitative estimate of drug-likeness (QED) is 0.667. The van der Waals surface area contributed by atoms with Crippen molar-refractivity contribution in [1.29, 1.82) is 0 Å². The highest BCUT2D eigenvalue weighted by Crippen LogP contribution is 2.23. The number of carbonyl (C=O) groups excluding carboxylic acids is 1. The van der Waals surface area contributed by atoms with Crippen LogP contribution in [0.4, 0.5) is 0 Å². The maximum Gasteiger partial charge on any atom is 0.266 e. The first kappa shape index (κ1) is 16.9. The highest BCUT2D eigenvalue weighted by atomic mass is 16.5. The van der Waals surface area contributed by atoms with Crippen molar-refractivity contribution in [3.63, 3.8) is 0 Å². The van der Waals surface area contributed by atoms with Gasteiger partial charge in [0.1, 0.15) is 17.4 Å². The van der Waals surface area contributed by atoms with Gasteiger partial charge in [0.05, 0.1) is 0 Å². The van der Waals surface area contributed by atoms with Crippen molar-refractivity contribution in [3.8, 4) is 11.3 Å². The second-order valence-corrected chi connectivity index (χ2v) is 5.77. The van der Waals surface area contributed by atoms with Gasteiger partial charge in [-0.3, -0.25) is 14.2 Å². The molecule has 1 aromatic carbocycles. The lowest BCUT2D eigenvalue weighted by molar-refractivity contribution is -0.121. The fraction of sp³-hybridized carbons (Fsp3) is 0.333. The fourth-order valence-electron chi connectivity index (χ4n) is 2.55. The molecule has 2 heterocycles. The van der Waals surface area contributed by atoms with Gasteiger partial charge in [-0.1, -0.05) is 48.8 Å². The van der Waals surface area contributed by atoms with E-state index in [4.69, 9.17) is 4.52 Å².